The quantitative estimate of drug-likeness (QED) is 0.832. The first-order valence-electron chi connectivity index (χ1n) is 10.8. The Morgan fingerprint density at radius 2 is 1.70 bits per heavy atom. The predicted molar refractivity (Wildman–Crippen MR) is 108 cm³/mol. The molecule has 1 heterocycles. The molecule has 2 unspecified atom stereocenters. The number of rotatable bonds is 5. The van der Waals surface area contributed by atoms with Crippen LogP contribution < -0.4 is 5.32 Å². The lowest BCUT2D eigenvalue weighted by atomic mass is 9.80. The Hall–Kier alpha value is -1.84. The van der Waals surface area contributed by atoms with Crippen molar-refractivity contribution in [1.82, 2.24) is 10.2 Å². The van der Waals surface area contributed by atoms with Crippen LogP contribution >= 0.6 is 0 Å². The molecule has 1 N–H and O–H groups in total. The number of piperidine rings is 1. The number of nitrogens with zero attached hydrogens (tertiary/aromatic N) is 1. The van der Waals surface area contributed by atoms with Gasteiger partial charge in [0.05, 0.1) is 6.04 Å². The molecule has 0 radical (unpaired) electrons. The molecule has 1 saturated heterocycles. The lowest BCUT2D eigenvalue weighted by Gasteiger charge is -2.39. The predicted octanol–water partition coefficient (Wildman–Crippen LogP) is 4.46. The van der Waals surface area contributed by atoms with Gasteiger partial charge in [-0.15, -0.1) is 0 Å². The summed E-state index contributed by atoms with van der Waals surface area (Å²) in [6.45, 7) is 5.14. The molecule has 3 rings (SSSR count). The average Bonchev–Trinajstić information content (AvgIpc) is 2.73. The summed E-state index contributed by atoms with van der Waals surface area (Å²) in [4.78, 5) is 27.8. The normalized spacial score (nSPS) is 27.0. The summed E-state index contributed by atoms with van der Waals surface area (Å²) in [5.41, 5.74) is 1.13. The Kier molecular flexibility index (Phi) is 6.92. The molecular formula is C23H34N2O2. The van der Waals surface area contributed by atoms with Gasteiger partial charge in [-0.3, -0.25) is 9.59 Å². The van der Waals surface area contributed by atoms with E-state index in [9.17, 15) is 9.59 Å². The Morgan fingerprint density at radius 3 is 2.37 bits per heavy atom. The van der Waals surface area contributed by atoms with Crippen LogP contribution in [0.3, 0.4) is 0 Å². The van der Waals surface area contributed by atoms with E-state index in [1.54, 1.807) is 0 Å². The second-order valence-electron chi connectivity index (χ2n) is 8.28. The highest BCUT2D eigenvalue weighted by atomic mass is 16.2. The lowest BCUT2D eigenvalue weighted by molar-refractivity contribution is -0.142. The van der Waals surface area contributed by atoms with Crippen LogP contribution in [-0.2, 0) is 9.59 Å². The summed E-state index contributed by atoms with van der Waals surface area (Å²) in [6.07, 6.45) is 7.94. The van der Waals surface area contributed by atoms with E-state index in [0.29, 0.717) is 11.9 Å². The maximum atomic E-state index is 13.0. The van der Waals surface area contributed by atoms with Crippen molar-refractivity contribution >= 4 is 11.8 Å². The van der Waals surface area contributed by atoms with E-state index < -0.39 is 0 Å². The topological polar surface area (TPSA) is 49.4 Å². The molecule has 1 aliphatic heterocycles. The van der Waals surface area contributed by atoms with Crippen molar-refractivity contribution in [2.45, 2.75) is 77.3 Å². The van der Waals surface area contributed by atoms with Crippen molar-refractivity contribution in [3.8, 4) is 0 Å². The van der Waals surface area contributed by atoms with Gasteiger partial charge in [0.2, 0.25) is 11.8 Å². The first-order chi connectivity index (χ1) is 13.1. The number of nitrogens with one attached hydrogen (secondary N) is 1. The summed E-state index contributed by atoms with van der Waals surface area (Å²) in [5.74, 6) is 0.649. The summed E-state index contributed by atoms with van der Waals surface area (Å²) in [7, 11) is 0. The van der Waals surface area contributed by atoms with Gasteiger partial charge in [0.25, 0.3) is 0 Å². The third kappa shape index (κ3) is 4.91. The summed E-state index contributed by atoms with van der Waals surface area (Å²) in [6, 6.07) is 10.5. The van der Waals surface area contributed by atoms with Crippen molar-refractivity contribution in [1.29, 1.82) is 0 Å². The monoisotopic (exact) mass is 370 g/mol. The van der Waals surface area contributed by atoms with Crippen LogP contribution in [0.1, 0.15) is 76.8 Å². The molecule has 148 valence electrons. The standard InChI is InChI=1S/C23H34N2O2/c1-3-21-11-7-8-16-25(21)23(27)20-14-12-19(13-15-20)22(26)24-17(2)18-9-5-4-6-10-18/h4-6,9-10,17,19-21H,3,7-8,11-16H2,1-2H3,(H,24,26). The number of benzene rings is 1. The van der Waals surface area contributed by atoms with Crippen molar-refractivity contribution in [2.24, 2.45) is 11.8 Å². The fraction of sp³-hybridized carbons (Fsp3) is 0.652. The van der Waals surface area contributed by atoms with Gasteiger partial charge in [0.1, 0.15) is 0 Å². The van der Waals surface area contributed by atoms with Gasteiger partial charge >= 0.3 is 0 Å². The Bertz CT molecular complexity index is 623. The zero-order valence-corrected chi connectivity index (χ0v) is 16.8. The van der Waals surface area contributed by atoms with Crippen molar-refractivity contribution in [3.63, 3.8) is 0 Å². The Morgan fingerprint density at radius 1 is 1.04 bits per heavy atom. The third-order valence-electron chi connectivity index (χ3n) is 6.49. The largest absolute Gasteiger partial charge is 0.349 e. The van der Waals surface area contributed by atoms with Crippen molar-refractivity contribution in [2.75, 3.05) is 6.54 Å². The zero-order valence-electron chi connectivity index (χ0n) is 16.8. The SMILES string of the molecule is CCC1CCCCN1C(=O)C1CCC(C(=O)NC(C)c2ccccc2)CC1. The van der Waals surface area contributed by atoms with E-state index in [4.69, 9.17) is 0 Å². The molecule has 27 heavy (non-hydrogen) atoms. The highest BCUT2D eigenvalue weighted by Crippen LogP contribution is 2.32. The smallest absolute Gasteiger partial charge is 0.225 e. The number of hydrogen-bond acceptors (Lipinski definition) is 2. The molecule has 2 aliphatic rings. The van der Waals surface area contributed by atoms with Crippen LogP contribution in [0.5, 0.6) is 0 Å². The second-order valence-corrected chi connectivity index (χ2v) is 8.28. The minimum atomic E-state index is 0.0247. The van der Waals surface area contributed by atoms with Gasteiger partial charge in [-0.1, -0.05) is 37.3 Å². The van der Waals surface area contributed by atoms with E-state index in [1.807, 2.05) is 37.3 Å². The van der Waals surface area contributed by atoms with Crippen molar-refractivity contribution < 1.29 is 9.59 Å². The molecule has 2 amide bonds. The highest BCUT2D eigenvalue weighted by Gasteiger charge is 2.35. The number of amides is 2. The maximum absolute atomic E-state index is 13.0. The maximum Gasteiger partial charge on any atom is 0.225 e. The first-order valence-corrected chi connectivity index (χ1v) is 10.8. The molecule has 2 atom stereocenters. The number of hydrogen-bond donors (Lipinski definition) is 1. The number of carbonyl (C=O) groups excluding carboxylic acids is 2. The van der Waals surface area contributed by atoms with Crippen molar-refractivity contribution in [3.05, 3.63) is 35.9 Å². The molecule has 1 aromatic rings. The van der Waals surface area contributed by atoms with Crippen LogP contribution in [0.2, 0.25) is 0 Å². The molecule has 2 fully saturated rings. The van der Waals surface area contributed by atoms with Gasteiger partial charge in [-0.25, -0.2) is 0 Å². The Balaban J connectivity index is 1.49. The lowest BCUT2D eigenvalue weighted by Crippen LogP contribution is -2.47. The minimum absolute atomic E-state index is 0.0247. The van der Waals surface area contributed by atoms with Crippen LogP contribution in [0.15, 0.2) is 30.3 Å². The van der Waals surface area contributed by atoms with Crippen LogP contribution in [-0.4, -0.2) is 29.3 Å². The first kappa shape index (κ1) is 19.9. The summed E-state index contributed by atoms with van der Waals surface area (Å²) < 4.78 is 0. The molecular weight excluding hydrogens is 336 g/mol. The van der Waals surface area contributed by atoms with E-state index in [0.717, 1.165) is 57.1 Å². The molecule has 0 aromatic heterocycles. The molecule has 1 saturated carbocycles. The van der Waals surface area contributed by atoms with E-state index in [-0.39, 0.29) is 23.8 Å². The average molecular weight is 371 g/mol. The van der Waals surface area contributed by atoms with Crippen LogP contribution in [0, 0.1) is 11.8 Å². The molecule has 0 spiro atoms. The van der Waals surface area contributed by atoms with Gasteiger partial charge in [-0.05, 0) is 63.9 Å². The van der Waals surface area contributed by atoms with Crippen LogP contribution in [0.4, 0.5) is 0 Å². The second kappa shape index (κ2) is 9.38. The molecule has 1 aromatic carbocycles. The fourth-order valence-electron chi connectivity index (χ4n) is 4.71. The molecule has 0 bridgehead atoms. The summed E-state index contributed by atoms with van der Waals surface area (Å²) in [5, 5.41) is 3.16. The molecule has 4 heteroatoms. The number of carbonyl (C=O) groups is 2. The van der Waals surface area contributed by atoms with Gasteiger partial charge in [-0.2, -0.15) is 0 Å². The van der Waals surface area contributed by atoms with E-state index in [1.165, 1.54) is 6.42 Å². The Labute approximate surface area is 163 Å². The van der Waals surface area contributed by atoms with E-state index in [2.05, 4.69) is 17.1 Å². The molecule has 4 nitrogen and oxygen atoms in total. The van der Waals surface area contributed by atoms with Gasteiger partial charge < -0.3 is 10.2 Å². The highest BCUT2D eigenvalue weighted by molar-refractivity contribution is 5.81. The van der Waals surface area contributed by atoms with Gasteiger partial charge in [0, 0.05) is 24.4 Å². The zero-order chi connectivity index (χ0) is 19.2. The fourth-order valence-corrected chi connectivity index (χ4v) is 4.71. The number of likely N-dealkylation sites (tertiary alicyclic amines) is 1. The van der Waals surface area contributed by atoms with Crippen LogP contribution in [0.25, 0.3) is 0 Å². The summed E-state index contributed by atoms with van der Waals surface area (Å²) >= 11 is 0. The molecule has 1 aliphatic carbocycles. The van der Waals surface area contributed by atoms with E-state index >= 15 is 0 Å². The van der Waals surface area contributed by atoms with Gasteiger partial charge in [0.15, 0.2) is 0 Å². The third-order valence-corrected chi connectivity index (χ3v) is 6.49. The minimum Gasteiger partial charge on any atom is -0.349 e.